The van der Waals surface area contributed by atoms with E-state index in [0.29, 0.717) is 24.3 Å². The Hall–Kier alpha value is -1.39. The topological polar surface area (TPSA) is 61.5 Å². The van der Waals surface area contributed by atoms with E-state index >= 15 is 0 Å². The van der Waals surface area contributed by atoms with Crippen LogP contribution in [-0.4, -0.2) is 32.7 Å². The van der Waals surface area contributed by atoms with E-state index in [1.807, 2.05) is 6.07 Å². The highest BCUT2D eigenvalue weighted by molar-refractivity contribution is 6.02. The molecule has 1 unspecified atom stereocenters. The molecule has 0 aliphatic carbocycles. The van der Waals surface area contributed by atoms with Gasteiger partial charge in [0.1, 0.15) is 5.75 Å². The molecule has 0 spiro atoms. The molecule has 0 aromatic heterocycles. The molecule has 0 heterocycles. The molecule has 0 radical (unpaired) electrons. The second-order valence-electron chi connectivity index (χ2n) is 3.45. The summed E-state index contributed by atoms with van der Waals surface area (Å²) in [5.41, 5.74) is 6.30. The summed E-state index contributed by atoms with van der Waals surface area (Å²) in [6, 6.07) is 6.52. The maximum Gasteiger partial charge on any atom is 0.183 e. The summed E-state index contributed by atoms with van der Waals surface area (Å²) in [6.45, 7) is 0.474. The van der Waals surface area contributed by atoms with Gasteiger partial charge in [-0.25, -0.2) is 0 Å². The van der Waals surface area contributed by atoms with Crippen LogP contribution in [0.2, 0.25) is 0 Å². The first-order valence-electron chi connectivity index (χ1n) is 5.12. The summed E-state index contributed by atoms with van der Waals surface area (Å²) in [6.07, 6.45) is 0.507. The van der Waals surface area contributed by atoms with Gasteiger partial charge >= 0.3 is 0 Å². The van der Waals surface area contributed by atoms with Crippen molar-refractivity contribution >= 4 is 5.78 Å². The van der Waals surface area contributed by atoms with E-state index in [9.17, 15) is 4.79 Å². The molecule has 1 aromatic carbocycles. The van der Waals surface area contributed by atoms with E-state index in [4.69, 9.17) is 15.2 Å². The summed E-state index contributed by atoms with van der Waals surface area (Å²) in [5.74, 6) is 0.440. The fourth-order valence-corrected chi connectivity index (χ4v) is 1.42. The predicted octanol–water partition coefficient (Wildman–Crippen LogP) is 1.24. The Morgan fingerprint density at radius 3 is 2.69 bits per heavy atom. The van der Waals surface area contributed by atoms with Crippen LogP contribution in [0.15, 0.2) is 24.3 Å². The smallest absolute Gasteiger partial charge is 0.183 e. The average molecular weight is 223 g/mol. The Bertz CT molecular complexity index is 352. The lowest BCUT2D eigenvalue weighted by Gasteiger charge is -2.12. The van der Waals surface area contributed by atoms with E-state index < -0.39 is 6.04 Å². The number of hydrogen-bond donors (Lipinski definition) is 1. The second-order valence-corrected chi connectivity index (χ2v) is 3.45. The van der Waals surface area contributed by atoms with Crippen LogP contribution in [0.25, 0.3) is 0 Å². The van der Waals surface area contributed by atoms with Crippen molar-refractivity contribution < 1.29 is 14.3 Å². The highest BCUT2D eigenvalue weighted by Gasteiger charge is 2.18. The maximum absolute atomic E-state index is 12.0. The molecule has 4 nitrogen and oxygen atoms in total. The minimum atomic E-state index is -0.545. The highest BCUT2D eigenvalue weighted by Crippen LogP contribution is 2.19. The molecular formula is C12H17NO3. The number of nitrogens with two attached hydrogens (primary N) is 1. The molecule has 1 rings (SSSR count). The maximum atomic E-state index is 12.0. The largest absolute Gasteiger partial charge is 0.496 e. The number of methoxy groups -OCH3 is 2. The lowest BCUT2D eigenvalue weighted by molar-refractivity contribution is 0.0932. The number of benzene rings is 1. The summed E-state index contributed by atoms with van der Waals surface area (Å²) >= 11 is 0. The standard InChI is InChI=1S/C12H17NO3/c1-15-8-7-10(13)12(14)9-5-3-4-6-11(9)16-2/h3-6,10H,7-8,13H2,1-2H3. The van der Waals surface area contributed by atoms with E-state index in [2.05, 4.69) is 0 Å². The third-order valence-corrected chi connectivity index (χ3v) is 2.34. The van der Waals surface area contributed by atoms with Crippen LogP contribution < -0.4 is 10.5 Å². The van der Waals surface area contributed by atoms with E-state index in [1.165, 1.54) is 7.11 Å². The lowest BCUT2D eigenvalue weighted by Crippen LogP contribution is -2.31. The van der Waals surface area contributed by atoms with Crippen molar-refractivity contribution in [1.82, 2.24) is 0 Å². The zero-order chi connectivity index (χ0) is 12.0. The van der Waals surface area contributed by atoms with Crippen LogP contribution >= 0.6 is 0 Å². The zero-order valence-electron chi connectivity index (χ0n) is 9.60. The third kappa shape index (κ3) is 3.05. The average Bonchev–Trinajstić information content (AvgIpc) is 2.34. The minimum absolute atomic E-state index is 0.116. The molecule has 88 valence electrons. The van der Waals surface area contributed by atoms with Crippen LogP contribution in [-0.2, 0) is 4.74 Å². The summed E-state index contributed by atoms with van der Waals surface area (Å²) in [4.78, 5) is 12.0. The van der Waals surface area contributed by atoms with Crippen LogP contribution in [0.5, 0.6) is 5.75 Å². The van der Waals surface area contributed by atoms with Crippen molar-refractivity contribution in [3.05, 3.63) is 29.8 Å². The number of ketones is 1. The monoisotopic (exact) mass is 223 g/mol. The Balaban J connectivity index is 2.79. The number of hydrogen-bond acceptors (Lipinski definition) is 4. The van der Waals surface area contributed by atoms with Crippen LogP contribution in [0, 0.1) is 0 Å². The van der Waals surface area contributed by atoms with Gasteiger partial charge in [-0.05, 0) is 18.6 Å². The van der Waals surface area contributed by atoms with Crippen molar-refractivity contribution in [3.8, 4) is 5.75 Å². The van der Waals surface area contributed by atoms with Crippen molar-refractivity contribution in [2.75, 3.05) is 20.8 Å². The molecule has 4 heteroatoms. The number of ether oxygens (including phenoxy) is 2. The van der Waals surface area contributed by atoms with Crippen molar-refractivity contribution in [3.63, 3.8) is 0 Å². The van der Waals surface area contributed by atoms with Gasteiger partial charge in [0, 0.05) is 13.7 Å². The number of carbonyl (C=O) groups is 1. The number of rotatable bonds is 6. The normalized spacial score (nSPS) is 12.2. The molecule has 0 fully saturated rings. The second kappa shape index (κ2) is 6.25. The van der Waals surface area contributed by atoms with Gasteiger partial charge in [-0.2, -0.15) is 0 Å². The van der Waals surface area contributed by atoms with Gasteiger partial charge in [-0.3, -0.25) is 4.79 Å². The molecule has 0 bridgehead atoms. The van der Waals surface area contributed by atoms with Crippen molar-refractivity contribution in [1.29, 1.82) is 0 Å². The molecule has 0 aliphatic heterocycles. The van der Waals surface area contributed by atoms with Gasteiger partial charge in [0.2, 0.25) is 0 Å². The molecule has 0 saturated carbocycles. The first kappa shape index (κ1) is 12.7. The summed E-state index contributed by atoms with van der Waals surface area (Å²) in [5, 5.41) is 0. The van der Waals surface area contributed by atoms with Crippen molar-refractivity contribution in [2.24, 2.45) is 5.73 Å². The van der Waals surface area contributed by atoms with E-state index in [1.54, 1.807) is 25.3 Å². The lowest BCUT2D eigenvalue weighted by atomic mass is 10.0. The quantitative estimate of drug-likeness (QED) is 0.737. The molecule has 2 N–H and O–H groups in total. The summed E-state index contributed by atoms with van der Waals surface area (Å²) < 4.78 is 10.0. The molecular weight excluding hydrogens is 206 g/mol. The Morgan fingerprint density at radius 1 is 1.38 bits per heavy atom. The number of para-hydroxylation sites is 1. The van der Waals surface area contributed by atoms with Crippen molar-refractivity contribution in [2.45, 2.75) is 12.5 Å². The van der Waals surface area contributed by atoms with E-state index in [0.717, 1.165) is 0 Å². The molecule has 0 amide bonds. The van der Waals surface area contributed by atoms with Gasteiger partial charge in [0.25, 0.3) is 0 Å². The first-order valence-corrected chi connectivity index (χ1v) is 5.12. The summed E-state index contributed by atoms with van der Waals surface area (Å²) in [7, 11) is 3.12. The van der Waals surface area contributed by atoms with Gasteiger partial charge in [-0.15, -0.1) is 0 Å². The minimum Gasteiger partial charge on any atom is -0.496 e. The van der Waals surface area contributed by atoms with Crippen LogP contribution in [0.1, 0.15) is 16.8 Å². The van der Waals surface area contributed by atoms with Gasteiger partial charge in [0.15, 0.2) is 5.78 Å². The van der Waals surface area contributed by atoms with Gasteiger partial charge in [0.05, 0.1) is 18.7 Å². The molecule has 1 aromatic rings. The SMILES string of the molecule is COCCC(N)C(=O)c1ccccc1OC. The number of carbonyl (C=O) groups excluding carboxylic acids is 1. The number of Topliss-reactive ketones (excluding diaryl/α,β-unsaturated/α-hetero) is 1. The van der Waals surface area contributed by atoms with E-state index in [-0.39, 0.29) is 5.78 Å². The first-order chi connectivity index (χ1) is 7.70. The van der Waals surface area contributed by atoms with Gasteiger partial charge in [-0.1, -0.05) is 12.1 Å². The highest BCUT2D eigenvalue weighted by atomic mass is 16.5. The fraction of sp³-hybridized carbons (Fsp3) is 0.417. The molecule has 0 saturated heterocycles. The molecule has 16 heavy (non-hydrogen) atoms. The Labute approximate surface area is 95.3 Å². The zero-order valence-corrected chi connectivity index (χ0v) is 9.60. The Morgan fingerprint density at radius 2 is 2.06 bits per heavy atom. The molecule has 0 aliphatic rings. The van der Waals surface area contributed by atoms with Gasteiger partial charge < -0.3 is 15.2 Å². The van der Waals surface area contributed by atoms with Crippen LogP contribution in [0.3, 0.4) is 0 Å². The Kier molecular flexibility index (Phi) is 4.95. The fourth-order valence-electron chi connectivity index (χ4n) is 1.42. The predicted molar refractivity (Wildman–Crippen MR) is 61.8 cm³/mol. The molecule has 1 atom stereocenters. The third-order valence-electron chi connectivity index (χ3n) is 2.34. The van der Waals surface area contributed by atoms with Crippen LogP contribution in [0.4, 0.5) is 0 Å².